The first-order valence-corrected chi connectivity index (χ1v) is 12.8. The molecule has 5 nitrogen and oxygen atoms in total. The van der Waals surface area contributed by atoms with Crippen molar-refractivity contribution in [1.82, 2.24) is 9.88 Å². The van der Waals surface area contributed by atoms with Crippen LogP contribution in [0.2, 0.25) is 5.02 Å². The summed E-state index contributed by atoms with van der Waals surface area (Å²) in [6.07, 6.45) is -4.19. The fourth-order valence-corrected chi connectivity index (χ4v) is 6.74. The number of sulfone groups is 1. The van der Waals surface area contributed by atoms with Gasteiger partial charge in [-0.15, -0.1) is 11.3 Å². The highest BCUT2D eigenvalue weighted by Crippen LogP contribution is 2.40. The van der Waals surface area contributed by atoms with Crippen LogP contribution in [0.1, 0.15) is 30.0 Å². The number of hydrogen-bond donors (Lipinski definition) is 1. The van der Waals surface area contributed by atoms with Crippen molar-refractivity contribution in [3.05, 3.63) is 39.1 Å². The second-order valence-electron chi connectivity index (χ2n) is 8.24. The molecule has 1 aromatic heterocycles. The van der Waals surface area contributed by atoms with Crippen molar-refractivity contribution < 1.29 is 26.0 Å². The number of alkyl halides is 3. The van der Waals surface area contributed by atoms with Crippen molar-refractivity contribution in [3.63, 3.8) is 0 Å². The van der Waals surface area contributed by atoms with Gasteiger partial charge in [0.15, 0.2) is 9.84 Å². The molecule has 1 aliphatic carbocycles. The predicted molar refractivity (Wildman–Crippen MR) is 117 cm³/mol. The van der Waals surface area contributed by atoms with Gasteiger partial charge in [-0.2, -0.15) is 13.2 Å². The van der Waals surface area contributed by atoms with Crippen molar-refractivity contribution in [2.75, 3.05) is 19.4 Å². The van der Waals surface area contributed by atoms with Crippen molar-refractivity contribution >= 4 is 38.5 Å². The van der Waals surface area contributed by atoms with Gasteiger partial charge in [-0.3, -0.25) is 0 Å². The van der Waals surface area contributed by atoms with E-state index < -0.39 is 50.5 Å². The van der Waals surface area contributed by atoms with Crippen LogP contribution in [0.4, 0.5) is 23.2 Å². The van der Waals surface area contributed by atoms with Gasteiger partial charge < -0.3 is 10.2 Å². The van der Waals surface area contributed by atoms with E-state index in [1.54, 1.807) is 31.3 Å². The highest BCUT2D eigenvalue weighted by atomic mass is 35.5. The molecule has 1 fully saturated rings. The molecule has 2 aromatic rings. The molecule has 0 radical (unpaired) electrons. The van der Waals surface area contributed by atoms with Gasteiger partial charge in [-0.25, -0.2) is 17.8 Å². The number of nitrogens with zero attached hydrogens (tertiary/aromatic N) is 2. The Morgan fingerprint density at radius 3 is 2.53 bits per heavy atom. The Morgan fingerprint density at radius 2 is 1.97 bits per heavy atom. The minimum Gasteiger partial charge on any atom is -0.379 e. The fourth-order valence-electron chi connectivity index (χ4n) is 3.97. The Bertz CT molecular complexity index is 1070. The van der Waals surface area contributed by atoms with Crippen LogP contribution in [0.15, 0.2) is 22.4 Å². The van der Waals surface area contributed by atoms with E-state index in [1.807, 2.05) is 0 Å². The summed E-state index contributed by atoms with van der Waals surface area (Å²) in [7, 11) is -0.642. The zero-order valence-electron chi connectivity index (χ0n) is 17.7. The maximum absolute atomic E-state index is 14.8. The largest absolute Gasteiger partial charge is 0.391 e. The third-order valence-electron chi connectivity index (χ3n) is 5.62. The van der Waals surface area contributed by atoms with Gasteiger partial charge >= 0.3 is 6.18 Å². The van der Waals surface area contributed by atoms with Crippen molar-refractivity contribution in [3.8, 4) is 0 Å². The van der Waals surface area contributed by atoms with Crippen LogP contribution in [0.3, 0.4) is 0 Å². The second kappa shape index (κ2) is 9.44. The maximum atomic E-state index is 14.8. The van der Waals surface area contributed by atoms with E-state index in [9.17, 15) is 26.0 Å². The number of anilines is 1. The number of hydrogen-bond acceptors (Lipinski definition) is 6. The Morgan fingerprint density at radius 1 is 1.28 bits per heavy atom. The molecule has 1 aromatic carbocycles. The number of benzene rings is 1. The average molecular weight is 514 g/mol. The molecule has 3 atom stereocenters. The number of aryl methyl sites for hydroxylation is 1. The van der Waals surface area contributed by atoms with Gasteiger partial charge in [-0.05, 0) is 52.4 Å². The Labute approximate surface area is 193 Å². The zero-order valence-corrected chi connectivity index (χ0v) is 20.1. The zero-order chi connectivity index (χ0) is 23.8. The van der Waals surface area contributed by atoms with Gasteiger partial charge in [0.25, 0.3) is 0 Å². The summed E-state index contributed by atoms with van der Waals surface area (Å²) in [4.78, 5) is 5.27. The lowest BCUT2D eigenvalue weighted by Crippen LogP contribution is -2.49. The molecule has 0 saturated heterocycles. The lowest BCUT2D eigenvalue weighted by atomic mass is 9.81. The van der Waals surface area contributed by atoms with Gasteiger partial charge in [-0.1, -0.05) is 11.6 Å². The molecule has 32 heavy (non-hydrogen) atoms. The molecule has 0 unspecified atom stereocenters. The van der Waals surface area contributed by atoms with E-state index in [0.717, 1.165) is 12.1 Å². The molecule has 12 heteroatoms. The summed E-state index contributed by atoms with van der Waals surface area (Å²) < 4.78 is 79.8. The van der Waals surface area contributed by atoms with Crippen LogP contribution in [0.25, 0.3) is 0 Å². The number of likely N-dealkylation sites (N-methyl/N-ethyl adjacent to an activating group) is 1. The summed E-state index contributed by atoms with van der Waals surface area (Å²) in [6.45, 7) is 1.73. The lowest BCUT2D eigenvalue weighted by molar-refractivity contribution is -0.186. The third-order valence-corrected chi connectivity index (χ3v) is 8.72. The Kier molecular flexibility index (Phi) is 7.43. The molecular weight excluding hydrogens is 490 g/mol. The summed E-state index contributed by atoms with van der Waals surface area (Å²) in [5, 5.41) is 5.07. The lowest BCUT2D eigenvalue weighted by Gasteiger charge is -2.41. The minimum atomic E-state index is -4.27. The standard InChI is InChI=1S/C20H24ClF4N3O2S2/c1-11-9-31-19(26-11)10-32(29,30)18-7-13(21)16(8-14(18)22)27-15-5-4-12(20(23,24)25)6-17(15)28(2)3/h7-9,12,15,17,27H,4-6,10H2,1-3H3/t12-,15-,17-/m0/s1. The molecule has 0 bridgehead atoms. The van der Waals surface area contributed by atoms with Crippen LogP contribution in [-0.4, -0.2) is 50.7 Å². The first-order valence-electron chi connectivity index (χ1n) is 9.90. The first-order chi connectivity index (χ1) is 14.8. The van der Waals surface area contributed by atoms with E-state index in [0.29, 0.717) is 10.7 Å². The highest BCUT2D eigenvalue weighted by Gasteiger charge is 2.45. The Balaban J connectivity index is 1.82. The van der Waals surface area contributed by atoms with Crippen molar-refractivity contribution in [2.45, 2.75) is 55.1 Å². The van der Waals surface area contributed by atoms with Crippen LogP contribution in [0.5, 0.6) is 0 Å². The Hall–Kier alpha value is -1.43. The van der Waals surface area contributed by atoms with Gasteiger partial charge in [0.05, 0.1) is 16.6 Å². The van der Waals surface area contributed by atoms with E-state index in [-0.39, 0.29) is 30.0 Å². The normalized spacial score (nSPS) is 22.3. The maximum Gasteiger partial charge on any atom is 0.391 e. The molecule has 1 N–H and O–H groups in total. The monoisotopic (exact) mass is 513 g/mol. The molecule has 0 aliphatic heterocycles. The summed E-state index contributed by atoms with van der Waals surface area (Å²) in [5.74, 6) is -2.83. The SMILES string of the molecule is Cc1csc(CS(=O)(=O)c2cc(Cl)c(N[C@H]3CC[C@H](C(F)(F)F)C[C@@H]3N(C)C)cc2F)n1. The molecule has 0 amide bonds. The summed E-state index contributed by atoms with van der Waals surface area (Å²) >= 11 is 7.43. The smallest absolute Gasteiger partial charge is 0.379 e. The first kappa shape index (κ1) is 25.2. The number of rotatable bonds is 6. The second-order valence-corrected chi connectivity index (χ2v) is 11.5. The van der Waals surface area contributed by atoms with Crippen LogP contribution < -0.4 is 5.32 Å². The number of halogens is 5. The van der Waals surface area contributed by atoms with Crippen LogP contribution in [-0.2, 0) is 15.6 Å². The van der Waals surface area contributed by atoms with Crippen molar-refractivity contribution in [1.29, 1.82) is 0 Å². The van der Waals surface area contributed by atoms with E-state index in [2.05, 4.69) is 10.3 Å². The summed E-state index contributed by atoms with van der Waals surface area (Å²) in [6, 6.07) is 1.18. The topological polar surface area (TPSA) is 62.3 Å². The number of aromatic nitrogens is 1. The minimum absolute atomic E-state index is 0.0178. The van der Waals surface area contributed by atoms with E-state index in [4.69, 9.17) is 11.6 Å². The predicted octanol–water partition coefficient (Wildman–Crippen LogP) is 5.29. The quantitative estimate of drug-likeness (QED) is 0.532. The fraction of sp³-hybridized carbons (Fsp3) is 0.550. The molecule has 1 aliphatic rings. The van der Waals surface area contributed by atoms with E-state index in [1.165, 1.54) is 11.3 Å². The van der Waals surface area contributed by atoms with Crippen LogP contribution >= 0.6 is 22.9 Å². The molecule has 0 spiro atoms. The average Bonchev–Trinajstić information content (AvgIpc) is 3.07. The van der Waals surface area contributed by atoms with E-state index >= 15 is 0 Å². The van der Waals surface area contributed by atoms with Crippen LogP contribution in [0, 0.1) is 18.7 Å². The van der Waals surface area contributed by atoms with Gasteiger partial charge in [0.1, 0.15) is 21.5 Å². The van der Waals surface area contributed by atoms with Gasteiger partial charge in [0.2, 0.25) is 0 Å². The summed E-state index contributed by atoms with van der Waals surface area (Å²) in [5.41, 5.74) is 0.824. The molecular formula is C20H24ClF4N3O2S2. The third kappa shape index (κ3) is 5.73. The van der Waals surface area contributed by atoms with Crippen molar-refractivity contribution in [2.24, 2.45) is 5.92 Å². The molecule has 1 saturated carbocycles. The molecule has 3 rings (SSSR count). The highest BCUT2D eigenvalue weighted by molar-refractivity contribution is 7.90. The molecule has 178 valence electrons. The number of thiazole rings is 1. The number of nitrogens with one attached hydrogen (secondary N) is 1. The van der Waals surface area contributed by atoms with Gasteiger partial charge in [0, 0.05) is 23.2 Å². The molecule has 1 heterocycles.